The summed E-state index contributed by atoms with van der Waals surface area (Å²) in [6.07, 6.45) is 2.72. The standard InChI is InChI=1S/C21H24FN3O/c1-13-7-8-18(22)17-11-19(25-20(13)17)21(26)24-16-6-2-4-14(10-16)15-5-3-9-23-12-15/h2,4,6-8,10,15,19,23,25H,3,5,9,11-12H2,1H3,(H,24,26). The van der Waals surface area contributed by atoms with Crippen molar-refractivity contribution in [3.8, 4) is 0 Å². The number of aryl methyl sites for hydroxylation is 1. The molecule has 5 heteroatoms. The normalized spacial score (nSPS) is 21.8. The molecule has 4 rings (SSSR count). The average Bonchev–Trinajstić information content (AvgIpc) is 3.13. The third kappa shape index (κ3) is 3.31. The summed E-state index contributed by atoms with van der Waals surface area (Å²) in [4.78, 5) is 12.7. The summed E-state index contributed by atoms with van der Waals surface area (Å²) < 4.78 is 14.0. The third-order valence-corrected chi connectivity index (χ3v) is 5.43. The van der Waals surface area contributed by atoms with Crippen molar-refractivity contribution in [2.24, 2.45) is 0 Å². The molecule has 136 valence electrons. The van der Waals surface area contributed by atoms with Gasteiger partial charge < -0.3 is 16.0 Å². The molecule has 2 aliphatic heterocycles. The molecule has 3 N–H and O–H groups in total. The predicted molar refractivity (Wildman–Crippen MR) is 102 cm³/mol. The lowest BCUT2D eigenvalue weighted by molar-refractivity contribution is -0.116. The van der Waals surface area contributed by atoms with Crippen molar-refractivity contribution in [2.75, 3.05) is 23.7 Å². The third-order valence-electron chi connectivity index (χ3n) is 5.43. The van der Waals surface area contributed by atoms with Gasteiger partial charge in [-0.25, -0.2) is 4.39 Å². The van der Waals surface area contributed by atoms with E-state index in [1.54, 1.807) is 6.07 Å². The summed E-state index contributed by atoms with van der Waals surface area (Å²) in [5.74, 6) is 0.116. The van der Waals surface area contributed by atoms with Crippen molar-refractivity contribution >= 4 is 17.3 Å². The molecule has 0 radical (unpaired) electrons. The number of benzene rings is 2. The number of carbonyl (C=O) groups is 1. The van der Waals surface area contributed by atoms with Gasteiger partial charge in [0.2, 0.25) is 5.91 Å². The van der Waals surface area contributed by atoms with Gasteiger partial charge in [0.25, 0.3) is 0 Å². The van der Waals surface area contributed by atoms with Gasteiger partial charge in [-0.15, -0.1) is 0 Å². The first-order valence-electron chi connectivity index (χ1n) is 9.28. The minimum absolute atomic E-state index is 0.126. The second kappa shape index (κ2) is 7.08. The van der Waals surface area contributed by atoms with Crippen LogP contribution in [0.25, 0.3) is 0 Å². The average molecular weight is 353 g/mol. The topological polar surface area (TPSA) is 53.2 Å². The fourth-order valence-corrected chi connectivity index (χ4v) is 3.96. The first-order chi connectivity index (χ1) is 12.6. The summed E-state index contributed by atoms with van der Waals surface area (Å²) >= 11 is 0. The van der Waals surface area contributed by atoms with Crippen molar-refractivity contribution in [3.63, 3.8) is 0 Å². The molecule has 26 heavy (non-hydrogen) atoms. The highest BCUT2D eigenvalue weighted by molar-refractivity contribution is 5.98. The molecule has 0 bridgehead atoms. The highest BCUT2D eigenvalue weighted by Crippen LogP contribution is 2.32. The van der Waals surface area contributed by atoms with E-state index < -0.39 is 6.04 Å². The van der Waals surface area contributed by atoms with Gasteiger partial charge in [0.15, 0.2) is 0 Å². The molecule has 0 aliphatic carbocycles. The number of carbonyl (C=O) groups excluding carboxylic acids is 1. The van der Waals surface area contributed by atoms with Crippen LogP contribution in [0.3, 0.4) is 0 Å². The van der Waals surface area contributed by atoms with Crippen LogP contribution in [-0.4, -0.2) is 25.0 Å². The molecule has 2 unspecified atom stereocenters. The summed E-state index contributed by atoms with van der Waals surface area (Å²) in [6, 6.07) is 10.8. The molecular formula is C21H24FN3O. The first kappa shape index (κ1) is 17.0. The van der Waals surface area contributed by atoms with Crippen LogP contribution in [0.4, 0.5) is 15.8 Å². The smallest absolute Gasteiger partial charge is 0.247 e. The van der Waals surface area contributed by atoms with E-state index in [9.17, 15) is 9.18 Å². The fourth-order valence-electron chi connectivity index (χ4n) is 3.96. The van der Waals surface area contributed by atoms with Crippen molar-refractivity contribution < 1.29 is 9.18 Å². The minimum Gasteiger partial charge on any atom is -0.373 e. The van der Waals surface area contributed by atoms with Crippen LogP contribution in [-0.2, 0) is 11.2 Å². The van der Waals surface area contributed by atoms with Crippen LogP contribution in [0, 0.1) is 12.7 Å². The number of amides is 1. The predicted octanol–water partition coefficient (Wildman–Crippen LogP) is 3.58. The van der Waals surface area contributed by atoms with E-state index >= 15 is 0 Å². The van der Waals surface area contributed by atoms with Gasteiger partial charge in [0.1, 0.15) is 11.9 Å². The van der Waals surface area contributed by atoms with E-state index in [4.69, 9.17) is 0 Å². The van der Waals surface area contributed by atoms with Gasteiger partial charge in [-0.05, 0) is 61.6 Å². The zero-order valence-corrected chi connectivity index (χ0v) is 14.9. The summed E-state index contributed by atoms with van der Waals surface area (Å²) in [7, 11) is 0. The largest absolute Gasteiger partial charge is 0.373 e. The molecule has 2 heterocycles. The van der Waals surface area contributed by atoms with Gasteiger partial charge in [0, 0.05) is 29.9 Å². The molecule has 2 atom stereocenters. The lowest BCUT2D eigenvalue weighted by Gasteiger charge is -2.23. The number of rotatable bonds is 3. The Bertz CT molecular complexity index is 799. The molecule has 1 amide bonds. The molecule has 2 aliphatic rings. The molecule has 1 saturated heterocycles. The number of hydrogen-bond donors (Lipinski definition) is 3. The Kier molecular flexibility index (Phi) is 4.64. The van der Waals surface area contributed by atoms with Crippen LogP contribution in [0.15, 0.2) is 36.4 Å². The van der Waals surface area contributed by atoms with Crippen molar-refractivity contribution in [3.05, 3.63) is 58.9 Å². The lowest BCUT2D eigenvalue weighted by atomic mass is 9.91. The molecule has 0 aromatic heterocycles. The molecule has 1 fully saturated rings. The zero-order valence-electron chi connectivity index (χ0n) is 14.9. The van der Waals surface area contributed by atoms with E-state index in [1.165, 1.54) is 24.5 Å². The van der Waals surface area contributed by atoms with Crippen LogP contribution in [0.5, 0.6) is 0 Å². The van der Waals surface area contributed by atoms with Crippen molar-refractivity contribution in [2.45, 2.75) is 38.1 Å². The highest BCUT2D eigenvalue weighted by Gasteiger charge is 2.30. The maximum atomic E-state index is 14.0. The van der Waals surface area contributed by atoms with Gasteiger partial charge in [0.05, 0.1) is 0 Å². The van der Waals surface area contributed by atoms with Gasteiger partial charge in [-0.1, -0.05) is 18.2 Å². The van der Waals surface area contributed by atoms with E-state index in [-0.39, 0.29) is 11.7 Å². The second-order valence-corrected chi connectivity index (χ2v) is 7.28. The molecule has 0 spiro atoms. The number of hydrogen-bond acceptors (Lipinski definition) is 3. The van der Waals surface area contributed by atoms with Gasteiger partial charge in [-0.3, -0.25) is 4.79 Å². The van der Waals surface area contributed by atoms with E-state index in [0.717, 1.165) is 30.0 Å². The number of anilines is 2. The molecule has 0 saturated carbocycles. The van der Waals surface area contributed by atoms with E-state index in [2.05, 4.69) is 28.1 Å². The molecular weight excluding hydrogens is 329 g/mol. The van der Waals surface area contributed by atoms with Gasteiger partial charge in [-0.2, -0.15) is 0 Å². The molecule has 4 nitrogen and oxygen atoms in total. The van der Waals surface area contributed by atoms with Crippen molar-refractivity contribution in [1.29, 1.82) is 0 Å². The van der Waals surface area contributed by atoms with Crippen LogP contribution < -0.4 is 16.0 Å². The van der Waals surface area contributed by atoms with Crippen LogP contribution in [0.2, 0.25) is 0 Å². The Balaban J connectivity index is 1.46. The minimum atomic E-state index is -0.444. The van der Waals surface area contributed by atoms with Crippen LogP contribution >= 0.6 is 0 Å². The lowest BCUT2D eigenvalue weighted by Crippen LogP contribution is -2.33. The van der Waals surface area contributed by atoms with Crippen molar-refractivity contribution in [1.82, 2.24) is 5.32 Å². The first-order valence-corrected chi connectivity index (χ1v) is 9.28. The number of piperidine rings is 1. The van der Waals surface area contributed by atoms with E-state index in [1.807, 2.05) is 19.1 Å². The Morgan fingerprint density at radius 3 is 2.92 bits per heavy atom. The number of nitrogens with one attached hydrogen (secondary N) is 3. The summed E-state index contributed by atoms with van der Waals surface area (Å²) in [5.41, 5.74) is 4.37. The molecule has 2 aromatic carbocycles. The Morgan fingerprint density at radius 2 is 2.15 bits per heavy atom. The summed E-state index contributed by atoms with van der Waals surface area (Å²) in [5, 5.41) is 9.60. The molecule has 2 aromatic rings. The second-order valence-electron chi connectivity index (χ2n) is 7.28. The Hall–Kier alpha value is -2.40. The van der Waals surface area contributed by atoms with Gasteiger partial charge >= 0.3 is 0 Å². The fraction of sp³-hybridized carbons (Fsp3) is 0.381. The summed E-state index contributed by atoms with van der Waals surface area (Å²) in [6.45, 7) is 3.99. The Labute approximate surface area is 153 Å². The quantitative estimate of drug-likeness (QED) is 0.791. The highest BCUT2D eigenvalue weighted by atomic mass is 19.1. The SMILES string of the molecule is Cc1ccc(F)c2c1NC(C(=O)Nc1cccc(C3CCCNC3)c1)C2. The number of fused-ring (bicyclic) bond motifs is 1. The monoisotopic (exact) mass is 353 g/mol. The Morgan fingerprint density at radius 1 is 1.27 bits per heavy atom. The maximum absolute atomic E-state index is 14.0. The maximum Gasteiger partial charge on any atom is 0.247 e. The number of halogens is 1. The van der Waals surface area contributed by atoms with E-state index in [0.29, 0.717) is 17.9 Å². The van der Waals surface area contributed by atoms with Crippen LogP contribution in [0.1, 0.15) is 35.4 Å². The zero-order chi connectivity index (χ0) is 18.1.